The van der Waals surface area contributed by atoms with Crippen LogP contribution in [-0.2, 0) is 19.0 Å². The maximum Gasteiger partial charge on any atom is 0.348 e. The molecule has 0 saturated heterocycles. The van der Waals surface area contributed by atoms with Gasteiger partial charge in [0.2, 0.25) is 0 Å². The van der Waals surface area contributed by atoms with Crippen molar-refractivity contribution in [1.29, 1.82) is 0 Å². The molecule has 1 amide bonds. The first-order valence-corrected chi connectivity index (χ1v) is 10.4. The van der Waals surface area contributed by atoms with E-state index in [2.05, 4.69) is 15.4 Å². The minimum Gasteiger partial charge on any atom is -0.465 e. The number of nitrogens with one attached hydrogen (secondary N) is 2. The van der Waals surface area contributed by atoms with Crippen molar-refractivity contribution in [3.8, 4) is 0 Å². The van der Waals surface area contributed by atoms with Gasteiger partial charge in [-0.15, -0.1) is 11.3 Å². The first-order valence-electron chi connectivity index (χ1n) is 9.54. The number of rotatable bonds is 10. The van der Waals surface area contributed by atoms with E-state index in [1.807, 2.05) is 0 Å². The Bertz CT molecular complexity index is 1130. The predicted octanol–water partition coefficient (Wildman–Crippen LogP) is 1.74. The lowest BCUT2D eigenvalue weighted by Gasteiger charge is -2.11. The molecular formula is C20H21N3O10S. The first kappa shape index (κ1) is 26.2. The molecule has 0 aliphatic rings. The molecule has 0 atom stereocenters. The summed E-state index contributed by atoms with van der Waals surface area (Å²) in [5.74, 6) is -3.39. The summed E-state index contributed by atoms with van der Waals surface area (Å²) < 4.78 is 14.3. The maximum absolute atomic E-state index is 12.5. The number of carbonyl (C=O) groups is 4. The number of methoxy groups -OCH3 is 2. The highest BCUT2D eigenvalue weighted by Gasteiger charge is 2.27. The summed E-state index contributed by atoms with van der Waals surface area (Å²) in [5, 5.41) is 25.1. The Morgan fingerprint density at radius 2 is 1.79 bits per heavy atom. The van der Waals surface area contributed by atoms with E-state index in [-0.39, 0.29) is 51.1 Å². The Hall–Kier alpha value is -4.04. The molecule has 0 fully saturated rings. The Labute approximate surface area is 196 Å². The van der Waals surface area contributed by atoms with Crippen molar-refractivity contribution >= 4 is 51.5 Å². The summed E-state index contributed by atoms with van der Waals surface area (Å²) in [7, 11) is 2.29. The van der Waals surface area contributed by atoms with Crippen LogP contribution in [0.5, 0.6) is 0 Å². The number of nitro benzene ring substituents is 1. The molecule has 0 saturated carbocycles. The first-order chi connectivity index (χ1) is 16.1. The van der Waals surface area contributed by atoms with Crippen molar-refractivity contribution in [3.63, 3.8) is 0 Å². The lowest BCUT2D eigenvalue weighted by Crippen LogP contribution is -2.22. The molecule has 2 aromatic rings. The molecule has 2 rings (SSSR count). The van der Waals surface area contributed by atoms with Crippen LogP contribution in [0.2, 0.25) is 0 Å². The summed E-state index contributed by atoms with van der Waals surface area (Å²) in [6, 6.07) is 3.41. The van der Waals surface area contributed by atoms with E-state index in [0.29, 0.717) is 0 Å². The summed E-state index contributed by atoms with van der Waals surface area (Å²) >= 11 is 0.782. The number of ether oxygens (including phenoxy) is 3. The molecule has 0 bridgehead atoms. The highest BCUT2D eigenvalue weighted by atomic mass is 32.1. The molecule has 13 nitrogen and oxygen atoms in total. The zero-order valence-electron chi connectivity index (χ0n) is 18.3. The lowest BCUT2D eigenvalue weighted by molar-refractivity contribution is -0.384. The third kappa shape index (κ3) is 6.05. The predicted molar refractivity (Wildman–Crippen MR) is 119 cm³/mol. The van der Waals surface area contributed by atoms with Gasteiger partial charge >= 0.3 is 17.9 Å². The third-order valence-electron chi connectivity index (χ3n) is 4.36. The molecule has 0 radical (unpaired) electrons. The van der Waals surface area contributed by atoms with Crippen LogP contribution in [0, 0.1) is 17.0 Å². The van der Waals surface area contributed by atoms with Gasteiger partial charge in [0.15, 0.2) is 6.61 Å². The fourth-order valence-corrected chi connectivity index (χ4v) is 3.90. The van der Waals surface area contributed by atoms with Gasteiger partial charge in [-0.25, -0.2) is 14.4 Å². The quantitative estimate of drug-likeness (QED) is 0.189. The van der Waals surface area contributed by atoms with Crippen LogP contribution in [0.4, 0.5) is 16.4 Å². The monoisotopic (exact) mass is 495 g/mol. The van der Waals surface area contributed by atoms with E-state index in [0.717, 1.165) is 37.7 Å². The van der Waals surface area contributed by atoms with Crippen molar-refractivity contribution < 1.29 is 43.4 Å². The van der Waals surface area contributed by atoms with Gasteiger partial charge in [-0.2, -0.15) is 0 Å². The summed E-state index contributed by atoms with van der Waals surface area (Å²) in [5.41, 5.74) is -0.243. The van der Waals surface area contributed by atoms with Gasteiger partial charge in [0.25, 0.3) is 11.6 Å². The maximum atomic E-state index is 12.5. The Morgan fingerprint density at radius 3 is 2.38 bits per heavy atom. The smallest absolute Gasteiger partial charge is 0.348 e. The average molecular weight is 495 g/mol. The van der Waals surface area contributed by atoms with Crippen molar-refractivity contribution in [2.75, 3.05) is 44.6 Å². The number of benzene rings is 1. The molecule has 3 N–H and O–H groups in total. The van der Waals surface area contributed by atoms with E-state index in [4.69, 9.17) is 14.6 Å². The summed E-state index contributed by atoms with van der Waals surface area (Å²) in [6.45, 7) is 0.485. The van der Waals surface area contributed by atoms with E-state index in [1.54, 1.807) is 0 Å². The molecule has 0 aliphatic carbocycles. The number of amides is 1. The number of aliphatic hydroxyl groups is 1. The number of carbonyl (C=O) groups excluding carboxylic acids is 4. The molecule has 0 spiro atoms. The van der Waals surface area contributed by atoms with Gasteiger partial charge in [-0.1, -0.05) is 0 Å². The molecule has 0 aliphatic heterocycles. The highest BCUT2D eigenvalue weighted by molar-refractivity contribution is 7.18. The fourth-order valence-electron chi connectivity index (χ4n) is 2.77. The Morgan fingerprint density at radius 1 is 1.12 bits per heavy atom. The summed E-state index contributed by atoms with van der Waals surface area (Å²) in [6.07, 6.45) is 0. The number of nitro groups is 1. The SMILES string of the molecule is COC(=O)c1sc(NC(=O)COC(=O)c2cc([N+](=O)[O-])ccc2NCCO)c(C(=O)OC)c1C. The summed E-state index contributed by atoms with van der Waals surface area (Å²) in [4.78, 5) is 59.4. The number of thiophene rings is 1. The highest BCUT2D eigenvalue weighted by Crippen LogP contribution is 2.34. The normalized spacial score (nSPS) is 10.2. The minimum atomic E-state index is -1.04. The van der Waals surface area contributed by atoms with Gasteiger partial charge in [-0.3, -0.25) is 14.9 Å². The number of nitrogens with zero attached hydrogens (tertiary/aromatic N) is 1. The zero-order chi connectivity index (χ0) is 25.4. The molecule has 34 heavy (non-hydrogen) atoms. The second-order valence-corrected chi connectivity index (χ2v) is 7.53. The minimum absolute atomic E-state index is 0.00792. The number of aliphatic hydroxyl groups excluding tert-OH is 1. The van der Waals surface area contributed by atoms with Gasteiger partial charge in [0.1, 0.15) is 9.88 Å². The van der Waals surface area contributed by atoms with Crippen molar-refractivity contribution in [2.24, 2.45) is 0 Å². The van der Waals surface area contributed by atoms with E-state index >= 15 is 0 Å². The van der Waals surface area contributed by atoms with Crippen molar-refractivity contribution in [2.45, 2.75) is 6.92 Å². The molecule has 182 valence electrons. The van der Waals surface area contributed by atoms with Gasteiger partial charge < -0.3 is 30.0 Å². The van der Waals surface area contributed by atoms with Crippen molar-refractivity contribution in [1.82, 2.24) is 0 Å². The topological polar surface area (TPSA) is 183 Å². The zero-order valence-corrected chi connectivity index (χ0v) is 19.1. The number of hydrogen-bond donors (Lipinski definition) is 3. The van der Waals surface area contributed by atoms with E-state index < -0.39 is 35.3 Å². The number of hydrogen-bond acceptors (Lipinski definition) is 12. The Kier molecular flexibility index (Phi) is 9.03. The van der Waals surface area contributed by atoms with Crippen LogP contribution < -0.4 is 10.6 Å². The van der Waals surface area contributed by atoms with Gasteiger partial charge in [0, 0.05) is 24.4 Å². The average Bonchev–Trinajstić information content (AvgIpc) is 3.15. The molecule has 14 heteroatoms. The largest absolute Gasteiger partial charge is 0.465 e. The molecule has 1 heterocycles. The van der Waals surface area contributed by atoms with Crippen LogP contribution in [0.3, 0.4) is 0 Å². The number of esters is 3. The van der Waals surface area contributed by atoms with Gasteiger partial charge in [0.05, 0.1) is 36.9 Å². The van der Waals surface area contributed by atoms with Crippen LogP contribution in [0.1, 0.15) is 36.0 Å². The standard InChI is InChI=1S/C20H21N3O10S/c1-10-15(19(27)31-2)17(34-16(10)20(28)32-3)22-14(25)9-33-18(26)12-8-11(23(29)30)4-5-13(12)21-6-7-24/h4-5,8,21,24H,6-7,9H2,1-3H3,(H,22,25). The lowest BCUT2D eigenvalue weighted by atomic mass is 10.1. The second-order valence-electron chi connectivity index (χ2n) is 6.51. The Balaban J connectivity index is 2.20. The molecule has 1 aromatic carbocycles. The van der Waals surface area contributed by atoms with E-state index in [1.165, 1.54) is 13.0 Å². The molecular weight excluding hydrogens is 474 g/mol. The van der Waals surface area contributed by atoms with Gasteiger partial charge in [-0.05, 0) is 18.6 Å². The third-order valence-corrected chi connectivity index (χ3v) is 5.54. The molecule has 1 aromatic heterocycles. The molecule has 0 unspecified atom stereocenters. The fraction of sp³-hybridized carbons (Fsp3) is 0.300. The van der Waals surface area contributed by atoms with Crippen molar-refractivity contribution in [3.05, 3.63) is 49.9 Å². The number of non-ortho nitro benzene ring substituents is 1. The van der Waals surface area contributed by atoms with Crippen LogP contribution in [-0.4, -0.2) is 67.8 Å². The van der Waals surface area contributed by atoms with Crippen LogP contribution in [0.15, 0.2) is 18.2 Å². The van der Waals surface area contributed by atoms with Crippen LogP contribution >= 0.6 is 11.3 Å². The van der Waals surface area contributed by atoms with Crippen LogP contribution in [0.25, 0.3) is 0 Å². The second kappa shape index (κ2) is 11.7. The number of anilines is 2. The van der Waals surface area contributed by atoms with E-state index in [9.17, 15) is 29.3 Å².